The highest BCUT2D eigenvalue weighted by Gasteiger charge is 2.51. The van der Waals surface area contributed by atoms with Gasteiger partial charge in [-0.05, 0) is 50.4 Å². The molecule has 3 nitrogen and oxygen atoms in total. The van der Waals surface area contributed by atoms with Gasteiger partial charge in [-0.3, -0.25) is 9.00 Å². The highest BCUT2D eigenvalue weighted by Crippen LogP contribution is 2.44. The van der Waals surface area contributed by atoms with E-state index in [1.54, 1.807) is 0 Å². The Kier molecular flexibility index (Phi) is 3.35. The lowest BCUT2D eigenvalue weighted by molar-refractivity contribution is -0.117. The average molecular weight is 269 g/mol. The first kappa shape index (κ1) is 12.8. The molecule has 3 aliphatic rings. The molecular formula is C14H23NO2S. The maximum Gasteiger partial charge on any atom is 0.236 e. The van der Waals surface area contributed by atoms with Crippen LogP contribution in [0.1, 0.15) is 46.0 Å². The Morgan fingerprint density at radius 1 is 1.11 bits per heavy atom. The van der Waals surface area contributed by atoms with Crippen LogP contribution >= 0.6 is 0 Å². The largest absolute Gasteiger partial charge is 0.304 e. The summed E-state index contributed by atoms with van der Waals surface area (Å²) < 4.78 is 12.4. The minimum Gasteiger partial charge on any atom is -0.304 e. The Morgan fingerprint density at radius 3 is 2.61 bits per heavy atom. The van der Waals surface area contributed by atoms with Gasteiger partial charge in [0.15, 0.2) is 0 Å². The second-order valence-electron chi connectivity index (χ2n) is 6.52. The Bertz CT molecular complexity index is 348. The summed E-state index contributed by atoms with van der Waals surface area (Å²) in [6.45, 7) is 4.35. The predicted molar refractivity (Wildman–Crippen MR) is 72.6 cm³/mol. The summed E-state index contributed by atoms with van der Waals surface area (Å²) in [5, 5.41) is 3.54. The van der Waals surface area contributed by atoms with Crippen LogP contribution in [0.4, 0.5) is 0 Å². The van der Waals surface area contributed by atoms with Crippen molar-refractivity contribution < 1.29 is 9.00 Å². The van der Waals surface area contributed by atoms with E-state index in [1.165, 1.54) is 12.8 Å². The maximum absolute atomic E-state index is 12.4. The van der Waals surface area contributed by atoms with Crippen molar-refractivity contribution >= 4 is 15.9 Å². The van der Waals surface area contributed by atoms with Crippen LogP contribution in [0.2, 0.25) is 0 Å². The molecule has 1 saturated carbocycles. The molecule has 3 rings (SSSR count). The lowest BCUT2D eigenvalue weighted by Gasteiger charge is -2.48. The number of rotatable bonds is 0. The van der Waals surface area contributed by atoms with Crippen molar-refractivity contribution in [3.05, 3.63) is 0 Å². The first-order valence-electron chi connectivity index (χ1n) is 7.28. The highest BCUT2D eigenvalue weighted by atomic mass is 32.2. The van der Waals surface area contributed by atoms with Gasteiger partial charge < -0.3 is 5.32 Å². The molecular weight excluding hydrogens is 246 g/mol. The van der Waals surface area contributed by atoms with Crippen molar-refractivity contribution in [2.45, 2.75) is 63.3 Å². The summed E-state index contributed by atoms with van der Waals surface area (Å²) >= 11 is 0. The van der Waals surface area contributed by atoms with E-state index in [0.29, 0.717) is 23.8 Å². The van der Waals surface area contributed by atoms with E-state index in [4.69, 9.17) is 0 Å². The summed E-state index contributed by atoms with van der Waals surface area (Å²) in [6.07, 6.45) is 5.69. The zero-order valence-corrected chi connectivity index (χ0v) is 12.0. The third kappa shape index (κ3) is 1.97. The van der Waals surface area contributed by atoms with E-state index in [-0.39, 0.29) is 16.4 Å². The van der Waals surface area contributed by atoms with Crippen molar-refractivity contribution in [3.63, 3.8) is 0 Å². The van der Waals surface area contributed by atoms with Crippen LogP contribution in [-0.2, 0) is 15.6 Å². The van der Waals surface area contributed by atoms with E-state index in [1.807, 2.05) is 0 Å². The van der Waals surface area contributed by atoms with Gasteiger partial charge >= 0.3 is 0 Å². The zero-order valence-electron chi connectivity index (χ0n) is 11.2. The maximum atomic E-state index is 12.4. The predicted octanol–water partition coefficient (Wildman–Crippen LogP) is 1.84. The molecule has 2 saturated heterocycles. The second kappa shape index (κ2) is 4.71. The Labute approximate surface area is 112 Å². The lowest BCUT2D eigenvalue weighted by atomic mass is 9.70. The van der Waals surface area contributed by atoms with Gasteiger partial charge in [0.05, 0.1) is 16.8 Å². The average Bonchev–Trinajstić information content (AvgIpc) is 2.36. The standard InChI is InChI=1S/C14H23NO2S/c1-8-3-5-10-11-6-4-9(2)15-13(11)14(16)18(17)12(10)7-8/h8-13,15H,3-7H2,1-2H3. The topological polar surface area (TPSA) is 46.2 Å². The number of fused-ring (bicyclic) bond motifs is 3. The zero-order chi connectivity index (χ0) is 12.9. The molecule has 2 aliphatic heterocycles. The molecule has 7 atom stereocenters. The quantitative estimate of drug-likeness (QED) is 0.730. The minimum absolute atomic E-state index is 0.0121. The Hall–Kier alpha value is -0.220. The summed E-state index contributed by atoms with van der Waals surface area (Å²) in [5.74, 6) is 1.60. The molecule has 0 bridgehead atoms. The van der Waals surface area contributed by atoms with Gasteiger partial charge in [0.1, 0.15) is 0 Å². The van der Waals surface area contributed by atoms with Gasteiger partial charge in [0.2, 0.25) is 5.12 Å². The Morgan fingerprint density at radius 2 is 1.83 bits per heavy atom. The van der Waals surface area contributed by atoms with Crippen LogP contribution in [-0.4, -0.2) is 26.7 Å². The molecule has 0 spiro atoms. The fraction of sp³-hybridized carbons (Fsp3) is 0.929. The third-order valence-corrected chi connectivity index (χ3v) is 6.95. The van der Waals surface area contributed by atoms with Crippen molar-refractivity contribution in [2.24, 2.45) is 17.8 Å². The molecule has 0 amide bonds. The Balaban J connectivity index is 1.87. The summed E-state index contributed by atoms with van der Waals surface area (Å²) in [4.78, 5) is 12.3. The first-order valence-corrected chi connectivity index (χ1v) is 8.49. The van der Waals surface area contributed by atoms with Crippen LogP contribution in [0.15, 0.2) is 0 Å². The minimum atomic E-state index is -1.26. The van der Waals surface area contributed by atoms with E-state index in [0.717, 1.165) is 19.3 Å². The lowest BCUT2D eigenvalue weighted by Crippen LogP contribution is -2.61. The molecule has 0 radical (unpaired) electrons. The van der Waals surface area contributed by atoms with Crippen molar-refractivity contribution in [1.29, 1.82) is 0 Å². The van der Waals surface area contributed by atoms with Crippen molar-refractivity contribution in [1.82, 2.24) is 5.32 Å². The summed E-state index contributed by atoms with van der Waals surface area (Å²) in [6, 6.07) is 0.274. The van der Waals surface area contributed by atoms with Gasteiger partial charge in [-0.2, -0.15) is 0 Å². The fourth-order valence-electron chi connectivity index (χ4n) is 4.19. The molecule has 1 N–H and O–H groups in total. The van der Waals surface area contributed by atoms with E-state index < -0.39 is 10.8 Å². The van der Waals surface area contributed by atoms with E-state index in [9.17, 15) is 9.00 Å². The van der Waals surface area contributed by atoms with E-state index >= 15 is 0 Å². The number of carbonyl (C=O) groups excluding carboxylic acids is 1. The highest BCUT2D eigenvalue weighted by molar-refractivity contribution is 8.01. The molecule has 3 fully saturated rings. The van der Waals surface area contributed by atoms with Crippen LogP contribution < -0.4 is 5.32 Å². The number of nitrogens with one attached hydrogen (secondary N) is 1. The second-order valence-corrected chi connectivity index (χ2v) is 8.13. The van der Waals surface area contributed by atoms with E-state index in [2.05, 4.69) is 19.2 Å². The number of carbonyl (C=O) groups is 1. The summed E-state index contributed by atoms with van der Waals surface area (Å²) in [7, 11) is -1.26. The number of hydrogen-bond donors (Lipinski definition) is 1. The van der Waals surface area contributed by atoms with Crippen molar-refractivity contribution in [2.75, 3.05) is 0 Å². The molecule has 18 heavy (non-hydrogen) atoms. The molecule has 4 heteroatoms. The molecule has 102 valence electrons. The van der Waals surface area contributed by atoms with Gasteiger partial charge in [0.25, 0.3) is 0 Å². The van der Waals surface area contributed by atoms with Gasteiger partial charge in [-0.25, -0.2) is 0 Å². The van der Waals surface area contributed by atoms with Crippen molar-refractivity contribution in [3.8, 4) is 0 Å². The molecule has 7 unspecified atom stereocenters. The molecule has 2 heterocycles. The molecule has 0 aromatic heterocycles. The monoisotopic (exact) mass is 269 g/mol. The molecule has 0 aromatic carbocycles. The smallest absolute Gasteiger partial charge is 0.236 e. The molecule has 0 aromatic rings. The fourth-order valence-corrected chi connectivity index (χ4v) is 6.14. The van der Waals surface area contributed by atoms with Crippen LogP contribution in [0.5, 0.6) is 0 Å². The third-order valence-electron chi connectivity index (χ3n) is 5.21. The van der Waals surface area contributed by atoms with Gasteiger partial charge in [-0.1, -0.05) is 13.3 Å². The van der Waals surface area contributed by atoms with Crippen LogP contribution in [0, 0.1) is 17.8 Å². The van der Waals surface area contributed by atoms with Gasteiger partial charge in [0, 0.05) is 11.3 Å². The number of hydrogen-bond acceptors (Lipinski definition) is 3. The molecule has 1 aliphatic carbocycles. The van der Waals surface area contributed by atoms with Crippen LogP contribution in [0.3, 0.4) is 0 Å². The number of piperidine rings is 1. The SMILES string of the molecule is CC1CCC2C3CCC(C)NC3C(=O)S(=O)C2C1. The summed E-state index contributed by atoms with van der Waals surface area (Å²) in [5.41, 5.74) is 0. The first-order chi connectivity index (χ1) is 8.58. The normalized spacial score (nSPS) is 52.6. The van der Waals surface area contributed by atoms with Crippen LogP contribution in [0.25, 0.3) is 0 Å². The van der Waals surface area contributed by atoms with Gasteiger partial charge in [-0.15, -0.1) is 0 Å².